The molecule has 2 heteroatoms. The number of rotatable bonds is 5. The second-order valence-electron chi connectivity index (χ2n) is 2.73. The number of nitrogens with zero attached hydrogens (tertiary/aromatic N) is 1. The average molecular weight is 145 g/mol. The average Bonchev–Trinajstić information content (AvgIpc) is 1.91. The van der Waals surface area contributed by atoms with Gasteiger partial charge in [-0.1, -0.05) is 13.8 Å². The minimum absolute atomic E-state index is 0.285. The van der Waals surface area contributed by atoms with E-state index >= 15 is 0 Å². The van der Waals surface area contributed by atoms with Gasteiger partial charge in [0.05, 0.1) is 6.61 Å². The van der Waals surface area contributed by atoms with Gasteiger partial charge in [-0.15, -0.1) is 0 Å². The van der Waals surface area contributed by atoms with Gasteiger partial charge in [0.1, 0.15) is 0 Å². The Morgan fingerprint density at radius 3 is 2.30 bits per heavy atom. The number of aliphatic hydroxyl groups excluding tert-OH is 1. The van der Waals surface area contributed by atoms with Crippen LogP contribution in [0.1, 0.15) is 26.7 Å². The smallest absolute Gasteiger partial charge is 0.0586 e. The van der Waals surface area contributed by atoms with Crippen LogP contribution in [0.15, 0.2) is 0 Å². The largest absolute Gasteiger partial charge is 0.395 e. The van der Waals surface area contributed by atoms with E-state index in [0.717, 1.165) is 19.4 Å². The van der Waals surface area contributed by atoms with Crippen molar-refractivity contribution in [3.05, 3.63) is 0 Å². The molecule has 0 aromatic rings. The zero-order valence-electron chi connectivity index (χ0n) is 7.30. The van der Waals surface area contributed by atoms with Crippen molar-refractivity contribution >= 4 is 0 Å². The summed E-state index contributed by atoms with van der Waals surface area (Å²) in [7, 11) is 2.06. The van der Waals surface area contributed by atoms with Crippen molar-refractivity contribution in [1.82, 2.24) is 4.90 Å². The minimum Gasteiger partial charge on any atom is -0.395 e. The summed E-state index contributed by atoms with van der Waals surface area (Å²) in [5, 5.41) is 8.88. The van der Waals surface area contributed by atoms with Gasteiger partial charge in [0, 0.05) is 6.04 Å². The van der Waals surface area contributed by atoms with Crippen LogP contribution in [0, 0.1) is 0 Å². The van der Waals surface area contributed by atoms with Gasteiger partial charge in [-0.2, -0.15) is 0 Å². The van der Waals surface area contributed by atoms with Crippen LogP contribution in [-0.4, -0.2) is 36.2 Å². The highest BCUT2D eigenvalue weighted by atomic mass is 16.3. The molecule has 0 aromatic heterocycles. The van der Waals surface area contributed by atoms with Crippen LogP contribution in [0.5, 0.6) is 0 Å². The van der Waals surface area contributed by atoms with Crippen LogP contribution in [0.3, 0.4) is 0 Å². The maximum Gasteiger partial charge on any atom is 0.0586 e. The Balaban J connectivity index is 3.53. The third-order valence-corrected chi connectivity index (χ3v) is 1.88. The van der Waals surface area contributed by atoms with Crippen molar-refractivity contribution in [2.45, 2.75) is 32.7 Å². The summed E-state index contributed by atoms with van der Waals surface area (Å²) in [5.41, 5.74) is 0. The molecule has 0 aromatic carbocycles. The number of hydrogen-bond acceptors (Lipinski definition) is 2. The van der Waals surface area contributed by atoms with Crippen molar-refractivity contribution in [1.29, 1.82) is 0 Å². The fourth-order valence-corrected chi connectivity index (χ4v) is 1.12. The van der Waals surface area contributed by atoms with E-state index in [0.29, 0.717) is 6.04 Å². The first kappa shape index (κ1) is 9.92. The normalized spacial score (nSPS) is 14.1. The summed E-state index contributed by atoms with van der Waals surface area (Å²) in [6.07, 6.45) is 2.19. The number of likely N-dealkylation sites (N-methyl/N-ethyl adjacent to an activating group) is 1. The molecule has 0 radical (unpaired) electrons. The van der Waals surface area contributed by atoms with Crippen molar-refractivity contribution in [3.63, 3.8) is 0 Å². The molecule has 0 amide bonds. The van der Waals surface area contributed by atoms with Gasteiger partial charge in [-0.3, -0.25) is 0 Å². The molecule has 0 heterocycles. The molecule has 0 bridgehead atoms. The summed E-state index contributed by atoms with van der Waals surface area (Å²) < 4.78 is 0. The topological polar surface area (TPSA) is 23.5 Å². The van der Waals surface area contributed by atoms with Crippen molar-refractivity contribution < 1.29 is 5.11 Å². The van der Waals surface area contributed by atoms with E-state index in [1.54, 1.807) is 0 Å². The van der Waals surface area contributed by atoms with Gasteiger partial charge in [-0.05, 0) is 26.4 Å². The molecule has 0 saturated carbocycles. The zero-order valence-corrected chi connectivity index (χ0v) is 7.30. The maximum absolute atomic E-state index is 8.88. The van der Waals surface area contributed by atoms with E-state index in [1.807, 2.05) is 0 Å². The van der Waals surface area contributed by atoms with Crippen molar-refractivity contribution in [2.75, 3.05) is 20.2 Å². The third-order valence-electron chi connectivity index (χ3n) is 1.88. The van der Waals surface area contributed by atoms with Crippen molar-refractivity contribution in [2.24, 2.45) is 0 Å². The number of aliphatic hydroxyl groups is 1. The van der Waals surface area contributed by atoms with E-state index in [9.17, 15) is 0 Å². The van der Waals surface area contributed by atoms with E-state index in [2.05, 4.69) is 25.8 Å². The lowest BCUT2D eigenvalue weighted by Crippen LogP contribution is -2.34. The van der Waals surface area contributed by atoms with E-state index in [4.69, 9.17) is 5.11 Å². The lowest BCUT2D eigenvalue weighted by molar-refractivity contribution is 0.144. The number of hydrogen-bond donors (Lipinski definition) is 1. The lowest BCUT2D eigenvalue weighted by Gasteiger charge is -2.24. The third kappa shape index (κ3) is 3.18. The molecular weight excluding hydrogens is 126 g/mol. The molecular formula is C8H19NO. The molecule has 0 rings (SSSR count). The quantitative estimate of drug-likeness (QED) is 0.626. The summed E-state index contributed by atoms with van der Waals surface area (Å²) in [6, 6.07) is 0.361. The van der Waals surface area contributed by atoms with Crippen LogP contribution >= 0.6 is 0 Å². The highest BCUT2D eigenvalue weighted by molar-refractivity contribution is 4.64. The first-order valence-electron chi connectivity index (χ1n) is 4.07. The monoisotopic (exact) mass is 145 g/mol. The van der Waals surface area contributed by atoms with Crippen LogP contribution in [0.4, 0.5) is 0 Å². The van der Waals surface area contributed by atoms with Gasteiger partial charge < -0.3 is 10.0 Å². The molecule has 1 atom stereocenters. The standard InChI is InChI=1S/C8H19NO/c1-4-6-9(3)8(5-2)7-10/h8,10H,4-7H2,1-3H3/t8-/m1/s1. The molecule has 0 aliphatic rings. The van der Waals surface area contributed by atoms with Crippen LogP contribution in [-0.2, 0) is 0 Å². The van der Waals surface area contributed by atoms with E-state index in [-0.39, 0.29) is 6.61 Å². The van der Waals surface area contributed by atoms with Gasteiger partial charge in [-0.25, -0.2) is 0 Å². The fourth-order valence-electron chi connectivity index (χ4n) is 1.12. The van der Waals surface area contributed by atoms with Gasteiger partial charge in [0.2, 0.25) is 0 Å². The Morgan fingerprint density at radius 2 is 2.00 bits per heavy atom. The Morgan fingerprint density at radius 1 is 1.40 bits per heavy atom. The predicted molar refractivity (Wildman–Crippen MR) is 44.1 cm³/mol. The summed E-state index contributed by atoms with van der Waals surface area (Å²) >= 11 is 0. The van der Waals surface area contributed by atoms with Crippen LogP contribution in [0.2, 0.25) is 0 Å². The molecule has 1 N–H and O–H groups in total. The molecule has 0 aliphatic heterocycles. The van der Waals surface area contributed by atoms with Gasteiger partial charge in [0.25, 0.3) is 0 Å². The Labute approximate surface area is 63.8 Å². The molecule has 62 valence electrons. The minimum atomic E-state index is 0.285. The second kappa shape index (κ2) is 5.69. The molecule has 0 aliphatic carbocycles. The molecule has 0 fully saturated rings. The highest BCUT2D eigenvalue weighted by Gasteiger charge is 2.08. The Kier molecular flexibility index (Phi) is 5.64. The van der Waals surface area contributed by atoms with Crippen LogP contribution < -0.4 is 0 Å². The Hall–Kier alpha value is -0.0800. The molecule has 0 spiro atoms. The van der Waals surface area contributed by atoms with E-state index in [1.165, 1.54) is 0 Å². The SMILES string of the molecule is CCCN(C)[C@H](CC)CO. The highest BCUT2D eigenvalue weighted by Crippen LogP contribution is 2.00. The maximum atomic E-state index is 8.88. The lowest BCUT2D eigenvalue weighted by atomic mass is 10.2. The molecule has 10 heavy (non-hydrogen) atoms. The van der Waals surface area contributed by atoms with Gasteiger partial charge in [0.15, 0.2) is 0 Å². The molecule has 2 nitrogen and oxygen atoms in total. The second-order valence-corrected chi connectivity index (χ2v) is 2.73. The summed E-state index contributed by atoms with van der Waals surface area (Å²) in [6.45, 7) is 5.62. The predicted octanol–water partition coefficient (Wildman–Crippen LogP) is 1.10. The summed E-state index contributed by atoms with van der Waals surface area (Å²) in [4.78, 5) is 2.21. The molecule has 0 unspecified atom stereocenters. The zero-order chi connectivity index (χ0) is 7.98. The first-order valence-corrected chi connectivity index (χ1v) is 4.07. The van der Waals surface area contributed by atoms with E-state index < -0.39 is 0 Å². The Bertz CT molecular complexity index is 71.7. The first-order chi connectivity index (χ1) is 4.76. The van der Waals surface area contributed by atoms with Crippen LogP contribution in [0.25, 0.3) is 0 Å². The summed E-state index contributed by atoms with van der Waals surface area (Å²) in [5.74, 6) is 0. The fraction of sp³-hybridized carbons (Fsp3) is 1.00. The molecule has 0 saturated heterocycles. The van der Waals surface area contributed by atoms with Crippen molar-refractivity contribution in [3.8, 4) is 0 Å². The van der Waals surface area contributed by atoms with Gasteiger partial charge >= 0.3 is 0 Å².